The van der Waals surface area contributed by atoms with Crippen molar-refractivity contribution in [1.82, 2.24) is 15.5 Å². The van der Waals surface area contributed by atoms with Crippen molar-refractivity contribution in [3.8, 4) is 11.4 Å². The fourth-order valence-corrected chi connectivity index (χ4v) is 3.78. The van der Waals surface area contributed by atoms with Gasteiger partial charge in [-0.1, -0.05) is 47.1 Å². The van der Waals surface area contributed by atoms with Gasteiger partial charge in [0, 0.05) is 5.56 Å². The summed E-state index contributed by atoms with van der Waals surface area (Å²) in [6.45, 7) is 5.31. The van der Waals surface area contributed by atoms with Gasteiger partial charge in [0.25, 0.3) is 0 Å². The standard InChI is InChI=1S/C21H24N4O4S/c1-14-6-9-17(10-7-14)21-23-20(29-24-21)12-22-19(26)13-25(30(4,27)28)18-11-15(2)5-8-16(18)3/h5-11H,12-13H2,1-4H3,(H,22,26). The smallest absolute Gasteiger partial charge is 0.246 e. The quantitative estimate of drug-likeness (QED) is 0.620. The van der Waals surface area contributed by atoms with Gasteiger partial charge in [-0.2, -0.15) is 4.98 Å². The minimum absolute atomic E-state index is 0.00208. The molecule has 0 bridgehead atoms. The molecular formula is C21H24N4O4S. The molecule has 2 aromatic carbocycles. The number of nitrogens with zero attached hydrogens (tertiary/aromatic N) is 3. The normalized spacial score (nSPS) is 11.3. The van der Waals surface area contributed by atoms with Gasteiger partial charge in [0.1, 0.15) is 6.54 Å². The maximum Gasteiger partial charge on any atom is 0.246 e. The number of rotatable bonds is 7. The molecule has 158 valence electrons. The Hall–Kier alpha value is -3.20. The van der Waals surface area contributed by atoms with E-state index in [2.05, 4.69) is 15.5 Å². The largest absolute Gasteiger partial charge is 0.345 e. The van der Waals surface area contributed by atoms with Crippen molar-refractivity contribution in [3.63, 3.8) is 0 Å². The molecule has 30 heavy (non-hydrogen) atoms. The second-order valence-electron chi connectivity index (χ2n) is 7.21. The van der Waals surface area contributed by atoms with Gasteiger partial charge in [0.15, 0.2) is 0 Å². The molecule has 1 N–H and O–H groups in total. The summed E-state index contributed by atoms with van der Waals surface area (Å²) >= 11 is 0. The first-order valence-electron chi connectivity index (χ1n) is 9.35. The van der Waals surface area contributed by atoms with E-state index < -0.39 is 15.9 Å². The molecular weight excluding hydrogens is 404 g/mol. The number of anilines is 1. The van der Waals surface area contributed by atoms with Gasteiger partial charge in [-0.3, -0.25) is 9.10 Å². The fraction of sp³-hybridized carbons (Fsp3) is 0.286. The van der Waals surface area contributed by atoms with Crippen LogP contribution >= 0.6 is 0 Å². The van der Waals surface area contributed by atoms with Crippen LogP contribution in [0.25, 0.3) is 11.4 Å². The van der Waals surface area contributed by atoms with E-state index in [0.29, 0.717) is 11.5 Å². The average Bonchev–Trinajstić information content (AvgIpc) is 3.15. The van der Waals surface area contributed by atoms with Gasteiger partial charge in [-0.15, -0.1) is 0 Å². The molecule has 0 spiro atoms. The highest BCUT2D eigenvalue weighted by molar-refractivity contribution is 7.92. The average molecular weight is 429 g/mol. The summed E-state index contributed by atoms with van der Waals surface area (Å²) in [5, 5.41) is 6.56. The molecule has 0 fully saturated rings. The van der Waals surface area contributed by atoms with Crippen LogP contribution in [0.5, 0.6) is 0 Å². The molecule has 1 heterocycles. The Morgan fingerprint density at radius 3 is 2.40 bits per heavy atom. The second kappa shape index (κ2) is 8.66. The highest BCUT2D eigenvalue weighted by Crippen LogP contribution is 2.23. The maximum absolute atomic E-state index is 12.5. The highest BCUT2D eigenvalue weighted by Gasteiger charge is 2.22. The van der Waals surface area contributed by atoms with Gasteiger partial charge in [0.2, 0.25) is 27.6 Å². The summed E-state index contributed by atoms with van der Waals surface area (Å²) < 4.78 is 30.9. The van der Waals surface area contributed by atoms with E-state index in [0.717, 1.165) is 32.8 Å². The third-order valence-electron chi connectivity index (χ3n) is 4.54. The topological polar surface area (TPSA) is 105 Å². The Morgan fingerprint density at radius 1 is 1.07 bits per heavy atom. The van der Waals surface area contributed by atoms with Crippen LogP contribution in [-0.4, -0.2) is 37.3 Å². The lowest BCUT2D eigenvalue weighted by molar-refractivity contribution is -0.119. The van der Waals surface area contributed by atoms with Gasteiger partial charge in [-0.25, -0.2) is 8.42 Å². The zero-order chi connectivity index (χ0) is 21.9. The number of carbonyl (C=O) groups excluding carboxylic acids is 1. The van der Waals surface area contributed by atoms with E-state index in [4.69, 9.17) is 4.52 Å². The van der Waals surface area contributed by atoms with Crippen molar-refractivity contribution < 1.29 is 17.7 Å². The molecule has 0 aliphatic heterocycles. The van der Waals surface area contributed by atoms with Crippen molar-refractivity contribution in [2.45, 2.75) is 27.3 Å². The minimum atomic E-state index is -3.65. The summed E-state index contributed by atoms with van der Waals surface area (Å²) in [4.78, 5) is 16.7. The van der Waals surface area contributed by atoms with Crippen molar-refractivity contribution in [2.24, 2.45) is 0 Å². The molecule has 0 radical (unpaired) electrons. The molecule has 0 saturated carbocycles. The van der Waals surface area contributed by atoms with E-state index in [1.54, 1.807) is 13.0 Å². The monoisotopic (exact) mass is 428 g/mol. The number of nitrogens with one attached hydrogen (secondary N) is 1. The third kappa shape index (κ3) is 5.24. The van der Waals surface area contributed by atoms with Crippen LogP contribution in [0.4, 0.5) is 5.69 Å². The molecule has 0 aliphatic rings. The van der Waals surface area contributed by atoms with Crippen molar-refractivity contribution in [1.29, 1.82) is 0 Å². The van der Waals surface area contributed by atoms with E-state index in [1.807, 2.05) is 50.2 Å². The van der Waals surface area contributed by atoms with Gasteiger partial charge in [-0.05, 0) is 38.0 Å². The molecule has 3 aromatic rings. The maximum atomic E-state index is 12.5. The Bertz CT molecular complexity index is 1150. The first-order chi connectivity index (χ1) is 14.1. The number of sulfonamides is 1. The lowest BCUT2D eigenvalue weighted by atomic mass is 10.1. The van der Waals surface area contributed by atoms with E-state index in [9.17, 15) is 13.2 Å². The fourth-order valence-electron chi connectivity index (χ4n) is 2.88. The van der Waals surface area contributed by atoms with Crippen LogP contribution in [0.2, 0.25) is 0 Å². The Balaban J connectivity index is 1.68. The molecule has 3 rings (SSSR count). The van der Waals surface area contributed by atoms with E-state index in [-0.39, 0.29) is 19.0 Å². The van der Waals surface area contributed by atoms with Crippen LogP contribution in [-0.2, 0) is 21.4 Å². The van der Waals surface area contributed by atoms with Crippen molar-refractivity contribution in [3.05, 3.63) is 65.0 Å². The second-order valence-corrected chi connectivity index (χ2v) is 9.12. The molecule has 1 amide bonds. The van der Waals surface area contributed by atoms with Crippen LogP contribution in [0.3, 0.4) is 0 Å². The molecule has 0 aliphatic carbocycles. The zero-order valence-corrected chi connectivity index (χ0v) is 18.2. The summed E-state index contributed by atoms with van der Waals surface area (Å²) in [7, 11) is -3.65. The number of aryl methyl sites for hydroxylation is 3. The Kier molecular flexibility index (Phi) is 6.21. The minimum Gasteiger partial charge on any atom is -0.345 e. The van der Waals surface area contributed by atoms with E-state index in [1.165, 1.54) is 0 Å². The number of hydrogen-bond donors (Lipinski definition) is 1. The van der Waals surface area contributed by atoms with Crippen LogP contribution in [0, 0.1) is 20.8 Å². The molecule has 9 heteroatoms. The van der Waals surface area contributed by atoms with Crippen molar-refractivity contribution >= 4 is 21.6 Å². The van der Waals surface area contributed by atoms with E-state index >= 15 is 0 Å². The summed E-state index contributed by atoms with van der Waals surface area (Å²) in [6.07, 6.45) is 1.08. The van der Waals surface area contributed by atoms with Crippen LogP contribution in [0.15, 0.2) is 47.0 Å². The summed E-state index contributed by atoms with van der Waals surface area (Å²) in [5.74, 6) is 0.181. The zero-order valence-electron chi connectivity index (χ0n) is 17.3. The predicted octanol–water partition coefficient (Wildman–Crippen LogP) is 2.74. The lowest BCUT2D eigenvalue weighted by Gasteiger charge is -2.24. The number of benzene rings is 2. The number of amides is 1. The van der Waals surface area contributed by atoms with Crippen LogP contribution < -0.4 is 9.62 Å². The lowest BCUT2D eigenvalue weighted by Crippen LogP contribution is -2.40. The number of aromatic nitrogens is 2. The van der Waals surface area contributed by atoms with Gasteiger partial charge < -0.3 is 9.84 Å². The predicted molar refractivity (Wildman–Crippen MR) is 114 cm³/mol. The SMILES string of the molecule is Cc1ccc(-c2noc(CNC(=O)CN(c3cc(C)ccc3C)S(C)(=O)=O)n2)cc1. The van der Waals surface area contributed by atoms with Gasteiger partial charge in [0.05, 0.1) is 18.5 Å². The van der Waals surface area contributed by atoms with Gasteiger partial charge >= 0.3 is 0 Å². The molecule has 0 unspecified atom stereocenters. The first-order valence-corrected chi connectivity index (χ1v) is 11.2. The molecule has 0 saturated heterocycles. The number of hydrogen-bond acceptors (Lipinski definition) is 6. The summed E-state index contributed by atoms with van der Waals surface area (Å²) in [6, 6.07) is 13.1. The van der Waals surface area contributed by atoms with Crippen LogP contribution in [0.1, 0.15) is 22.6 Å². The highest BCUT2D eigenvalue weighted by atomic mass is 32.2. The Labute approximate surface area is 176 Å². The summed E-state index contributed by atoms with van der Waals surface area (Å²) in [5.41, 5.74) is 4.07. The molecule has 0 atom stereocenters. The first kappa shape index (κ1) is 21.5. The number of carbonyl (C=O) groups is 1. The third-order valence-corrected chi connectivity index (χ3v) is 5.66. The molecule has 8 nitrogen and oxygen atoms in total. The molecule has 1 aromatic heterocycles. The van der Waals surface area contributed by atoms with Crippen molar-refractivity contribution in [2.75, 3.05) is 17.1 Å². The Morgan fingerprint density at radius 2 is 1.73 bits per heavy atom.